The third kappa shape index (κ3) is 2.98. The molecule has 112 valence electrons. The van der Waals surface area contributed by atoms with E-state index in [0.717, 1.165) is 19.3 Å². The molecule has 3 nitrogen and oxygen atoms in total. The van der Waals surface area contributed by atoms with Crippen LogP contribution < -0.4 is 0 Å². The van der Waals surface area contributed by atoms with Crippen molar-refractivity contribution in [2.24, 2.45) is 11.8 Å². The maximum atomic E-state index is 11.2. The predicted octanol–water partition coefficient (Wildman–Crippen LogP) is 3.15. The van der Waals surface area contributed by atoms with Gasteiger partial charge < -0.3 is 14.6 Å². The molecule has 0 aliphatic carbocycles. The second kappa shape index (κ2) is 4.71. The summed E-state index contributed by atoms with van der Waals surface area (Å²) in [5.74, 6) is 0.630. The number of ether oxygens (including phenoxy) is 2. The molecule has 1 N–H and O–H groups in total. The molecule has 2 heterocycles. The average Bonchev–Trinajstić information content (AvgIpc) is 2.47. The molecule has 0 aromatic carbocycles. The van der Waals surface area contributed by atoms with Crippen LogP contribution in [0.2, 0.25) is 0 Å². The van der Waals surface area contributed by atoms with E-state index in [9.17, 15) is 5.11 Å². The Morgan fingerprint density at radius 2 is 1.74 bits per heavy atom. The molecule has 3 atom stereocenters. The van der Waals surface area contributed by atoms with Gasteiger partial charge in [-0.3, -0.25) is 0 Å². The second-order valence-corrected chi connectivity index (χ2v) is 7.93. The van der Waals surface area contributed by atoms with Crippen molar-refractivity contribution in [1.82, 2.24) is 0 Å². The van der Waals surface area contributed by atoms with Gasteiger partial charge in [-0.25, -0.2) is 0 Å². The molecule has 3 heteroatoms. The number of aliphatic hydroxyl groups is 1. The summed E-state index contributed by atoms with van der Waals surface area (Å²) < 4.78 is 12.0. The molecule has 19 heavy (non-hydrogen) atoms. The lowest BCUT2D eigenvalue weighted by Crippen LogP contribution is -2.52. The molecular formula is C16H30O3. The van der Waals surface area contributed by atoms with Crippen LogP contribution in [0, 0.1) is 11.8 Å². The van der Waals surface area contributed by atoms with Crippen molar-refractivity contribution in [1.29, 1.82) is 0 Å². The summed E-state index contributed by atoms with van der Waals surface area (Å²) in [6.45, 7) is 13.5. The third-order valence-corrected chi connectivity index (χ3v) is 4.89. The molecule has 2 aliphatic heterocycles. The fourth-order valence-corrected chi connectivity index (χ4v) is 4.04. The van der Waals surface area contributed by atoms with Crippen molar-refractivity contribution in [3.05, 3.63) is 0 Å². The number of hydrogen-bond acceptors (Lipinski definition) is 3. The summed E-state index contributed by atoms with van der Waals surface area (Å²) in [6.07, 6.45) is 2.54. The van der Waals surface area contributed by atoms with Gasteiger partial charge in [-0.1, -0.05) is 13.8 Å². The first-order chi connectivity index (χ1) is 8.56. The Morgan fingerprint density at radius 3 is 2.21 bits per heavy atom. The largest absolute Gasteiger partial charge is 0.389 e. The highest BCUT2D eigenvalue weighted by Gasteiger charge is 2.56. The molecule has 2 aliphatic rings. The van der Waals surface area contributed by atoms with Gasteiger partial charge in [0, 0.05) is 18.9 Å². The van der Waals surface area contributed by atoms with Crippen LogP contribution in [0.4, 0.5) is 0 Å². The molecule has 0 aromatic rings. The zero-order chi connectivity index (χ0) is 14.5. The Balaban J connectivity index is 2.20. The fraction of sp³-hybridized carbons (Fsp3) is 1.00. The van der Waals surface area contributed by atoms with Crippen LogP contribution in [-0.2, 0) is 9.47 Å². The van der Waals surface area contributed by atoms with Crippen molar-refractivity contribution in [2.75, 3.05) is 6.61 Å². The Bertz CT molecular complexity index is 335. The van der Waals surface area contributed by atoms with Crippen LogP contribution >= 0.6 is 0 Å². The van der Waals surface area contributed by atoms with Gasteiger partial charge in [0.05, 0.1) is 22.9 Å². The standard InChI is InChI=1S/C16H30O3/c1-11(2)12-9-16(17,7-8-18-12)13-10-14(3,4)19-15(13,5)6/h11-13,17H,7-10H2,1-6H3. The second-order valence-electron chi connectivity index (χ2n) is 7.93. The van der Waals surface area contributed by atoms with Gasteiger partial charge in [-0.15, -0.1) is 0 Å². The first-order valence-corrected chi connectivity index (χ1v) is 7.60. The topological polar surface area (TPSA) is 38.7 Å². The Kier molecular flexibility index (Phi) is 3.79. The van der Waals surface area contributed by atoms with Crippen molar-refractivity contribution < 1.29 is 14.6 Å². The quantitative estimate of drug-likeness (QED) is 0.837. The number of hydrogen-bond donors (Lipinski definition) is 1. The van der Waals surface area contributed by atoms with E-state index in [1.54, 1.807) is 0 Å². The molecule has 0 radical (unpaired) electrons. The Hall–Kier alpha value is -0.120. The molecule has 0 aromatic heterocycles. The predicted molar refractivity (Wildman–Crippen MR) is 76.1 cm³/mol. The van der Waals surface area contributed by atoms with Gasteiger partial charge in [0.15, 0.2) is 0 Å². The van der Waals surface area contributed by atoms with Gasteiger partial charge >= 0.3 is 0 Å². The third-order valence-electron chi connectivity index (χ3n) is 4.89. The van der Waals surface area contributed by atoms with Crippen molar-refractivity contribution in [2.45, 2.75) is 83.7 Å². The molecule has 0 amide bonds. The van der Waals surface area contributed by atoms with E-state index >= 15 is 0 Å². The number of rotatable bonds is 2. The van der Waals surface area contributed by atoms with E-state index in [1.807, 2.05) is 0 Å². The minimum atomic E-state index is -0.648. The maximum absolute atomic E-state index is 11.2. The van der Waals surface area contributed by atoms with Crippen molar-refractivity contribution >= 4 is 0 Å². The van der Waals surface area contributed by atoms with Crippen LogP contribution in [0.5, 0.6) is 0 Å². The van der Waals surface area contributed by atoms with E-state index in [1.165, 1.54) is 0 Å². The molecular weight excluding hydrogens is 240 g/mol. The summed E-state index contributed by atoms with van der Waals surface area (Å²) in [7, 11) is 0. The molecule has 2 rings (SSSR count). The van der Waals surface area contributed by atoms with Crippen LogP contribution in [0.25, 0.3) is 0 Å². The highest BCUT2D eigenvalue weighted by molar-refractivity contribution is 5.05. The Morgan fingerprint density at radius 1 is 1.11 bits per heavy atom. The average molecular weight is 270 g/mol. The summed E-state index contributed by atoms with van der Waals surface area (Å²) in [5, 5.41) is 11.2. The fourth-order valence-electron chi connectivity index (χ4n) is 4.04. The van der Waals surface area contributed by atoms with Crippen LogP contribution in [-0.4, -0.2) is 34.6 Å². The van der Waals surface area contributed by atoms with Gasteiger partial charge in [-0.2, -0.15) is 0 Å². The molecule has 3 unspecified atom stereocenters. The van der Waals surface area contributed by atoms with Crippen LogP contribution in [0.15, 0.2) is 0 Å². The van der Waals surface area contributed by atoms with Crippen LogP contribution in [0.1, 0.15) is 60.8 Å². The lowest BCUT2D eigenvalue weighted by Gasteiger charge is -2.45. The summed E-state index contributed by atoms with van der Waals surface area (Å²) in [6, 6.07) is 0. The molecule has 2 saturated heterocycles. The molecule has 2 fully saturated rings. The molecule has 0 spiro atoms. The van der Waals surface area contributed by atoms with E-state index in [4.69, 9.17) is 9.47 Å². The minimum absolute atomic E-state index is 0.143. The lowest BCUT2D eigenvalue weighted by atomic mass is 9.69. The molecule has 0 bridgehead atoms. The van der Waals surface area contributed by atoms with E-state index in [-0.39, 0.29) is 23.2 Å². The minimum Gasteiger partial charge on any atom is -0.389 e. The Labute approximate surface area is 117 Å². The lowest BCUT2D eigenvalue weighted by molar-refractivity contribution is -0.169. The monoisotopic (exact) mass is 270 g/mol. The normalized spacial score (nSPS) is 41.7. The summed E-state index contributed by atoms with van der Waals surface area (Å²) >= 11 is 0. The molecule has 0 saturated carbocycles. The van der Waals surface area contributed by atoms with E-state index in [2.05, 4.69) is 41.5 Å². The van der Waals surface area contributed by atoms with Crippen molar-refractivity contribution in [3.63, 3.8) is 0 Å². The van der Waals surface area contributed by atoms with Gasteiger partial charge in [0.1, 0.15) is 0 Å². The summed E-state index contributed by atoms with van der Waals surface area (Å²) in [4.78, 5) is 0. The zero-order valence-corrected chi connectivity index (χ0v) is 13.3. The van der Waals surface area contributed by atoms with Crippen LogP contribution in [0.3, 0.4) is 0 Å². The SMILES string of the molecule is CC(C)C1CC(O)(C2CC(C)(C)OC2(C)C)CCO1. The smallest absolute Gasteiger partial charge is 0.0750 e. The van der Waals surface area contributed by atoms with Gasteiger partial charge in [-0.05, 0) is 46.5 Å². The zero-order valence-electron chi connectivity index (χ0n) is 13.3. The first-order valence-electron chi connectivity index (χ1n) is 7.60. The summed E-state index contributed by atoms with van der Waals surface area (Å²) in [5.41, 5.74) is -1.06. The highest BCUT2D eigenvalue weighted by Crippen LogP contribution is 2.50. The first kappa shape index (κ1) is 15.3. The van der Waals surface area contributed by atoms with E-state index < -0.39 is 5.60 Å². The van der Waals surface area contributed by atoms with E-state index in [0.29, 0.717) is 12.5 Å². The maximum Gasteiger partial charge on any atom is 0.0750 e. The highest BCUT2D eigenvalue weighted by atomic mass is 16.5. The van der Waals surface area contributed by atoms with Crippen molar-refractivity contribution in [3.8, 4) is 0 Å². The van der Waals surface area contributed by atoms with Gasteiger partial charge in [0.25, 0.3) is 0 Å². The van der Waals surface area contributed by atoms with Gasteiger partial charge in [0.2, 0.25) is 0 Å².